The smallest absolute Gasteiger partial charge is 0.258 e. The van der Waals surface area contributed by atoms with Crippen molar-refractivity contribution in [1.29, 1.82) is 0 Å². The second kappa shape index (κ2) is 6.13. The molecule has 3 rings (SSSR count). The summed E-state index contributed by atoms with van der Waals surface area (Å²) in [5, 5.41) is 10.2. The average molecular weight is 334 g/mol. The highest BCUT2D eigenvalue weighted by Gasteiger charge is 2.12. The zero-order chi connectivity index (χ0) is 15.5. The minimum Gasteiger partial charge on any atom is -0.289 e. The molecule has 22 heavy (non-hydrogen) atoms. The fourth-order valence-corrected chi connectivity index (χ4v) is 2.29. The summed E-state index contributed by atoms with van der Waals surface area (Å²) in [6, 6.07) is 8.22. The van der Waals surface area contributed by atoms with Crippen LogP contribution in [-0.2, 0) is 0 Å². The molecular weight excluding hydrogens is 325 g/mol. The molecule has 3 aromatic rings. The maximum absolute atomic E-state index is 12.0. The molecule has 110 valence electrons. The Morgan fingerprint density at radius 3 is 2.64 bits per heavy atom. The van der Waals surface area contributed by atoms with Gasteiger partial charge in [-0.15, -0.1) is 5.10 Å². The summed E-state index contributed by atoms with van der Waals surface area (Å²) in [5.41, 5.74) is 1.11. The summed E-state index contributed by atoms with van der Waals surface area (Å²) in [6.45, 7) is 0. The molecule has 0 aliphatic heterocycles. The van der Waals surface area contributed by atoms with Gasteiger partial charge in [-0.05, 0) is 30.3 Å². The lowest BCUT2D eigenvalue weighted by Crippen LogP contribution is -2.12. The topological polar surface area (TPSA) is 83.6 Å². The van der Waals surface area contributed by atoms with Gasteiger partial charge in [0.1, 0.15) is 0 Å². The fraction of sp³-hybridized carbons (Fsp3) is 0. The molecule has 0 saturated carbocycles. The third-order valence-electron chi connectivity index (χ3n) is 2.84. The maximum Gasteiger partial charge on any atom is 0.258 e. The van der Waals surface area contributed by atoms with Gasteiger partial charge in [-0.3, -0.25) is 20.2 Å². The van der Waals surface area contributed by atoms with Crippen molar-refractivity contribution < 1.29 is 4.79 Å². The Labute approximate surface area is 135 Å². The van der Waals surface area contributed by atoms with Crippen LogP contribution in [0.1, 0.15) is 10.4 Å². The van der Waals surface area contributed by atoms with E-state index in [2.05, 4.69) is 25.5 Å². The first-order valence-corrected chi connectivity index (χ1v) is 6.98. The number of benzene rings is 1. The number of hydrogen-bond donors (Lipinski definition) is 2. The van der Waals surface area contributed by atoms with Crippen LogP contribution in [0.5, 0.6) is 0 Å². The minimum absolute atomic E-state index is 0.155. The predicted molar refractivity (Wildman–Crippen MR) is 84.0 cm³/mol. The number of amides is 1. The van der Waals surface area contributed by atoms with Crippen molar-refractivity contribution in [2.75, 3.05) is 5.32 Å². The van der Waals surface area contributed by atoms with E-state index in [4.69, 9.17) is 23.2 Å². The Kier molecular flexibility index (Phi) is 4.04. The standard InChI is InChI=1S/C14H9Cl2N5O/c15-9-1-2-10(11(16)7-9)12-18-14(21-20-12)19-13(22)8-3-5-17-6-4-8/h1-7H,(H2,18,19,20,21,22). The SMILES string of the molecule is O=C(Nc1n[nH]c(-c2ccc(Cl)cc2Cl)n1)c1ccncc1. The Morgan fingerprint density at radius 2 is 1.91 bits per heavy atom. The average Bonchev–Trinajstić information content (AvgIpc) is 2.96. The molecule has 0 saturated heterocycles. The molecule has 2 heterocycles. The van der Waals surface area contributed by atoms with E-state index in [1.165, 1.54) is 12.4 Å². The van der Waals surface area contributed by atoms with Gasteiger partial charge >= 0.3 is 0 Å². The van der Waals surface area contributed by atoms with E-state index in [0.29, 0.717) is 27.0 Å². The largest absolute Gasteiger partial charge is 0.289 e. The van der Waals surface area contributed by atoms with E-state index in [1.807, 2.05) is 0 Å². The molecule has 0 atom stereocenters. The van der Waals surface area contributed by atoms with Gasteiger partial charge in [0.15, 0.2) is 5.82 Å². The van der Waals surface area contributed by atoms with Crippen molar-refractivity contribution >= 4 is 35.1 Å². The molecule has 2 aromatic heterocycles. The second-order valence-electron chi connectivity index (χ2n) is 4.32. The fourth-order valence-electron chi connectivity index (χ4n) is 1.80. The van der Waals surface area contributed by atoms with E-state index in [9.17, 15) is 4.79 Å². The molecule has 0 fully saturated rings. The summed E-state index contributed by atoms with van der Waals surface area (Å²) in [7, 11) is 0. The molecule has 1 aromatic carbocycles. The van der Waals surface area contributed by atoms with Crippen molar-refractivity contribution in [3.63, 3.8) is 0 Å². The quantitative estimate of drug-likeness (QED) is 0.769. The first kappa shape index (κ1) is 14.5. The van der Waals surface area contributed by atoms with Crippen LogP contribution >= 0.6 is 23.2 Å². The molecule has 8 heteroatoms. The maximum atomic E-state index is 12.0. The Hall–Kier alpha value is -2.44. The molecule has 2 N–H and O–H groups in total. The van der Waals surface area contributed by atoms with E-state index in [1.54, 1.807) is 30.3 Å². The van der Waals surface area contributed by atoms with Gasteiger partial charge in [0.2, 0.25) is 5.95 Å². The zero-order valence-corrected chi connectivity index (χ0v) is 12.6. The van der Waals surface area contributed by atoms with Gasteiger partial charge in [0.25, 0.3) is 5.91 Å². The van der Waals surface area contributed by atoms with Gasteiger partial charge in [-0.25, -0.2) is 0 Å². The van der Waals surface area contributed by atoms with Crippen LogP contribution in [0, 0.1) is 0 Å². The van der Waals surface area contributed by atoms with Gasteiger partial charge < -0.3 is 0 Å². The van der Waals surface area contributed by atoms with Gasteiger partial charge in [0, 0.05) is 28.5 Å². The number of anilines is 1. The van der Waals surface area contributed by atoms with Crippen molar-refractivity contribution in [1.82, 2.24) is 20.2 Å². The number of halogens is 2. The summed E-state index contributed by atoms with van der Waals surface area (Å²) < 4.78 is 0. The van der Waals surface area contributed by atoms with Gasteiger partial charge in [-0.2, -0.15) is 4.98 Å². The van der Waals surface area contributed by atoms with E-state index < -0.39 is 0 Å². The van der Waals surface area contributed by atoms with Crippen LogP contribution in [-0.4, -0.2) is 26.1 Å². The van der Waals surface area contributed by atoms with Crippen LogP contribution in [0.2, 0.25) is 10.0 Å². The lowest BCUT2D eigenvalue weighted by atomic mass is 10.2. The third kappa shape index (κ3) is 3.08. The highest BCUT2D eigenvalue weighted by atomic mass is 35.5. The molecule has 1 amide bonds. The van der Waals surface area contributed by atoms with Crippen molar-refractivity contribution in [2.45, 2.75) is 0 Å². The number of carbonyl (C=O) groups excluding carboxylic acids is 1. The molecule has 0 bridgehead atoms. The van der Waals surface area contributed by atoms with Crippen LogP contribution in [0.15, 0.2) is 42.7 Å². The number of aromatic nitrogens is 4. The van der Waals surface area contributed by atoms with E-state index in [0.717, 1.165) is 0 Å². The molecular formula is C14H9Cl2N5O. The predicted octanol–water partition coefficient (Wildman–Crippen LogP) is 3.43. The van der Waals surface area contributed by atoms with E-state index in [-0.39, 0.29) is 11.9 Å². The highest BCUT2D eigenvalue weighted by Crippen LogP contribution is 2.28. The first-order valence-electron chi connectivity index (χ1n) is 6.22. The van der Waals surface area contributed by atoms with Crippen LogP contribution < -0.4 is 5.32 Å². The second-order valence-corrected chi connectivity index (χ2v) is 5.17. The number of nitrogens with zero attached hydrogens (tertiary/aromatic N) is 3. The molecule has 0 radical (unpaired) electrons. The minimum atomic E-state index is -0.324. The number of pyridine rings is 1. The number of hydrogen-bond acceptors (Lipinski definition) is 4. The number of nitrogens with one attached hydrogen (secondary N) is 2. The van der Waals surface area contributed by atoms with Crippen LogP contribution in [0.25, 0.3) is 11.4 Å². The molecule has 0 aliphatic rings. The molecule has 0 spiro atoms. The van der Waals surface area contributed by atoms with Crippen molar-refractivity contribution in [3.05, 3.63) is 58.3 Å². The molecule has 0 unspecified atom stereocenters. The van der Waals surface area contributed by atoms with Gasteiger partial charge in [-0.1, -0.05) is 23.2 Å². The van der Waals surface area contributed by atoms with Gasteiger partial charge in [0.05, 0.1) is 5.02 Å². The lowest BCUT2D eigenvalue weighted by molar-refractivity contribution is 0.102. The van der Waals surface area contributed by atoms with Crippen LogP contribution in [0.3, 0.4) is 0 Å². The summed E-state index contributed by atoms with van der Waals surface area (Å²) in [4.78, 5) is 20.0. The normalized spacial score (nSPS) is 10.5. The number of rotatable bonds is 3. The van der Waals surface area contributed by atoms with E-state index >= 15 is 0 Å². The Balaban J connectivity index is 1.81. The monoisotopic (exact) mass is 333 g/mol. The third-order valence-corrected chi connectivity index (χ3v) is 3.39. The molecule has 6 nitrogen and oxygen atoms in total. The summed E-state index contributed by atoms with van der Waals surface area (Å²) in [6.07, 6.45) is 3.07. The lowest BCUT2D eigenvalue weighted by Gasteiger charge is -2.00. The van der Waals surface area contributed by atoms with Crippen molar-refractivity contribution in [2.24, 2.45) is 0 Å². The van der Waals surface area contributed by atoms with Crippen molar-refractivity contribution in [3.8, 4) is 11.4 Å². The number of H-pyrrole nitrogens is 1. The zero-order valence-electron chi connectivity index (χ0n) is 11.0. The number of carbonyl (C=O) groups is 1. The molecule has 0 aliphatic carbocycles. The first-order chi connectivity index (χ1) is 10.6. The summed E-state index contributed by atoms with van der Waals surface area (Å²) >= 11 is 12.0. The Bertz CT molecular complexity index is 819. The highest BCUT2D eigenvalue weighted by molar-refractivity contribution is 6.36. The summed E-state index contributed by atoms with van der Waals surface area (Å²) in [5.74, 6) is 0.268. The Morgan fingerprint density at radius 1 is 1.14 bits per heavy atom. The van der Waals surface area contributed by atoms with Crippen LogP contribution in [0.4, 0.5) is 5.95 Å². The number of aromatic amines is 1.